The summed E-state index contributed by atoms with van der Waals surface area (Å²) >= 11 is 0. The van der Waals surface area contributed by atoms with Crippen LogP contribution in [0.25, 0.3) is 0 Å². The largest absolute Gasteiger partial charge is 0.403 e. The third-order valence-electron chi connectivity index (χ3n) is 4.12. The van der Waals surface area contributed by atoms with Crippen LogP contribution in [0.15, 0.2) is 21.9 Å². The Bertz CT molecular complexity index is 778. The van der Waals surface area contributed by atoms with Crippen LogP contribution in [-0.4, -0.2) is 59.6 Å². The standard InChI is InChI=1S/C12H18N3O8P/c1-20-5-12-6-22-8(9(12)14-24(18,19)21-2)10(23-12)15-4-3-7(16)13-11(15)17/h3-4,8-10H,5-6H2,1-2H3,(H,13,16,17)(H2,14,18,19)/t8?,9-,10?,12-/m0/s1. The third-order valence-corrected chi connectivity index (χ3v) is 5.22. The molecule has 2 saturated heterocycles. The van der Waals surface area contributed by atoms with Crippen LogP contribution in [0.1, 0.15) is 6.23 Å². The number of aromatic amines is 1. The van der Waals surface area contributed by atoms with E-state index in [9.17, 15) is 19.0 Å². The van der Waals surface area contributed by atoms with Gasteiger partial charge in [-0.3, -0.25) is 14.3 Å². The van der Waals surface area contributed by atoms with E-state index >= 15 is 0 Å². The van der Waals surface area contributed by atoms with E-state index in [1.54, 1.807) is 0 Å². The zero-order valence-electron chi connectivity index (χ0n) is 13.0. The molecule has 0 amide bonds. The van der Waals surface area contributed by atoms with Crippen molar-refractivity contribution < 1.29 is 28.2 Å². The van der Waals surface area contributed by atoms with Gasteiger partial charge in [0.15, 0.2) is 6.23 Å². The number of methoxy groups -OCH3 is 1. The zero-order chi connectivity index (χ0) is 17.5. The molecule has 3 unspecified atom stereocenters. The van der Waals surface area contributed by atoms with E-state index in [1.807, 2.05) is 0 Å². The van der Waals surface area contributed by atoms with E-state index in [2.05, 4.69) is 14.6 Å². The van der Waals surface area contributed by atoms with Gasteiger partial charge in [0, 0.05) is 26.5 Å². The Morgan fingerprint density at radius 3 is 2.92 bits per heavy atom. The monoisotopic (exact) mass is 363 g/mol. The summed E-state index contributed by atoms with van der Waals surface area (Å²) in [5, 5.41) is 2.49. The lowest BCUT2D eigenvalue weighted by molar-refractivity contribution is -0.188. The van der Waals surface area contributed by atoms with Crippen LogP contribution in [0.4, 0.5) is 0 Å². The Labute approximate surface area is 136 Å². The highest BCUT2D eigenvalue weighted by Crippen LogP contribution is 2.49. The lowest BCUT2D eigenvalue weighted by atomic mass is 9.98. The molecule has 2 bridgehead atoms. The molecule has 1 aromatic heterocycles. The van der Waals surface area contributed by atoms with E-state index in [1.165, 1.54) is 19.4 Å². The molecule has 0 spiro atoms. The highest BCUT2D eigenvalue weighted by atomic mass is 31.2. The molecule has 0 aromatic carbocycles. The maximum absolute atomic E-state index is 12.0. The molecule has 0 saturated carbocycles. The van der Waals surface area contributed by atoms with Crippen LogP contribution >= 0.6 is 7.75 Å². The van der Waals surface area contributed by atoms with E-state index in [4.69, 9.17) is 14.2 Å². The van der Waals surface area contributed by atoms with Gasteiger partial charge in [-0.15, -0.1) is 0 Å². The van der Waals surface area contributed by atoms with Gasteiger partial charge < -0.3 is 23.6 Å². The zero-order valence-corrected chi connectivity index (χ0v) is 13.9. The Morgan fingerprint density at radius 1 is 1.54 bits per heavy atom. The SMILES string of the molecule is COC[C@@]12COC(C(n3ccc(=O)[nH]c3=O)O1)[C@@H]2NP(=O)(O)OC. The van der Waals surface area contributed by atoms with Crippen molar-refractivity contribution in [2.24, 2.45) is 0 Å². The van der Waals surface area contributed by atoms with Gasteiger partial charge in [-0.2, -0.15) is 0 Å². The molecule has 11 nitrogen and oxygen atoms in total. The van der Waals surface area contributed by atoms with Crippen LogP contribution in [-0.2, 0) is 23.3 Å². The van der Waals surface area contributed by atoms with Crippen molar-refractivity contribution >= 4 is 7.75 Å². The van der Waals surface area contributed by atoms with Crippen molar-refractivity contribution in [1.82, 2.24) is 14.6 Å². The molecule has 134 valence electrons. The number of nitrogens with one attached hydrogen (secondary N) is 2. The van der Waals surface area contributed by atoms with Crippen molar-refractivity contribution in [3.63, 3.8) is 0 Å². The predicted octanol–water partition coefficient (Wildman–Crippen LogP) is -1.45. The number of hydrogen-bond donors (Lipinski definition) is 3. The molecule has 0 aliphatic carbocycles. The first kappa shape index (κ1) is 17.5. The summed E-state index contributed by atoms with van der Waals surface area (Å²) in [5.41, 5.74) is -2.29. The van der Waals surface area contributed by atoms with Crippen LogP contribution in [0.5, 0.6) is 0 Å². The van der Waals surface area contributed by atoms with Crippen LogP contribution in [0.2, 0.25) is 0 Å². The molecule has 0 radical (unpaired) electrons. The Balaban J connectivity index is 1.97. The minimum atomic E-state index is -4.07. The minimum Gasteiger partial charge on any atom is -0.382 e. The van der Waals surface area contributed by atoms with E-state index < -0.39 is 43.0 Å². The second-order valence-electron chi connectivity index (χ2n) is 5.61. The summed E-state index contributed by atoms with van der Waals surface area (Å²) in [6, 6.07) is 0.422. The molecule has 3 heterocycles. The van der Waals surface area contributed by atoms with Crippen molar-refractivity contribution in [1.29, 1.82) is 0 Å². The first-order valence-electron chi connectivity index (χ1n) is 7.08. The Kier molecular flexibility index (Phi) is 4.51. The van der Waals surface area contributed by atoms with Crippen molar-refractivity contribution in [3.8, 4) is 0 Å². The molecule has 2 fully saturated rings. The van der Waals surface area contributed by atoms with Crippen LogP contribution in [0, 0.1) is 0 Å². The minimum absolute atomic E-state index is 0.0689. The summed E-state index contributed by atoms with van der Waals surface area (Å²) in [5.74, 6) is 0. The van der Waals surface area contributed by atoms with Gasteiger partial charge >= 0.3 is 13.4 Å². The van der Waals surface area contributed by atoms with Crippen molar-refractivity contribution in [3.05, 3.63) is 33.1 Å². The number of fused-ring (bicyclic) bond motifs is 2. The molecular weight excluding hydrogens is 345 g/mol. The van der Waals surface area contributed by atoms with Gasteiger partial charge in [-0.25, -0.2) is 14.4 Å². The molecule has 3 N–H and O–H groups in total. The first-order valence-corrected chi connectivity index (χ1v) is 8.66. The molecule has 2 aliphatic heterocycles. The fourth-order valence-electron chi connectivity index (χ4n) is 3.06. The smallest absolute Gasteiger partial charge is 0.382 e. The fraction of sp³-hybridized carbons (Fsp3) is 0.667. The first-order chi connectivity index (χ1) is 11.3. The number of rotatable bonds is 6. The summed E-state index contributed by atoms with van der Waals surface area (Å²) in [6.07, 6.45) is -0.366. The number of hydrogen-bond acceptors (Lipinski definition) is 7. The maximum atomic E-state index is 12.0. The molecule has 3 rings (SSSR count). The number of aromatic nitrogens is 2. The summed E-state index contributed by atoms with van der Waals surface area (Å²) in [6.45, 7) is 0.182. The average Bonchev–Trinajstić information content (AvgIpc) is 2.98. The topological polar surface area (TPSA) is 141 Å². The van der Waals surface area contributed by atoms with Gasteiger partial charge in [0.25, 0.3) is 5.56 Å². The highest BCUT2D eigenvalue weighted by Gasteiger charge is 2.63. The van der Waals surface area contributed by atoms with Gasteiger partial charge in [0.1, 0.15) is 11.7 Å². The Hall–Kier alpha value is -1.33. The quantitative estimate of drug-likeness (QED) is 0.518. The fourth-order valence-corrected chi connectivity index (χ4v) is 3.90. The molecule has 5 atom stereocenters. The number of ether oxygens (including phenoxy) is 3. The summed E-state index contributed by atoms with van der Waals surface area (Å²) in [7, 11) is -1.52. The van der Waals surface area contributed by atoms with Crippen molar-refractivity contribution in [2.45, 2.75) is 24.0 Å². The second-order valence-corrected chi connectivity index (χ2v) is 7.27. The van der Waals surface area contributed by atoms with Gasteiger partial charge in [-0.1, -0.05) is 0 Å². The average molecular weight is 363 g/mol. The lowest BCUT2D eigenvalue weighted by Crippen LogP contribution is -2.50. The predicted molar refractivity (Wildman–Crippen MR) is 79.5 cm³/mol. The summed E-state index contributed by atoms with van der Waals surface area (Å²) < 4.78 is 34.4. The highest BCUT2D eigenvalue weighted by molar-refractivity contribution is 7.50. The maximum Gasteiger partial charge on any atom is 0.403 e. The molecule has 24 heavy (non-hydrogen) atoms. The lowest BCUT2D eigenvalue weighted by Gasteiger charge is -2.31. The molecule has 1 aromatic rings. The van der Waals surface area contributed by atoms with Gasteiger partial charge in [0.05, 0.1) is 19.3 Å². The third kappa shape index (κ3) is 2.88. The molecular formula is C12H18N3O8P. The van der Waals surface area contributed by atoms with Crippen LogP contribution in [0.3, 0.4) is 0 Å². The number of nitrogens with zero attached hydrogens (tertiary/aromatic N) is 1. The Morgan fingerprint density at radius 2 is 2.29 bits per heavy atom. The van der Waals surface area contributed by atoms with E-state index in [0.29, 0.717) is 0 Å². The molecule has 12 heteroatoms. The summed E-state index contributed by atoms with van der Waals surface area (Å²) in [4.78, 5) is 35.1. The number of H-pyrrole nitrogens is 1. The van der Waals surface area contributed by atoms with E-state index in [0.717, 1.165) is 11.7 Å². The van der Waals surface area contributed by atoms with Gasteiger partial charge in [-0.05, 0) is 0 Å². The normalized spacial score (nSPS) is 34.4. The van der Waals surface area contributed by atoms with Gasteiger partial charge in [0.2, 0.25) is 0 Å². The van der Waals surface area contributed by atoms with Crippen LogP contribution < -0.4 is 16.3 Å². The second kappa shape index (κ2) is 6.19. The van der Waals surface area contributed by atoms with E-state index in [-0.39, 0.29) is 13.2 Å². The van der Waals surface area contributed by atoms with Crippen molar-refractivity contribution in [2.75, 3.05) is 27.4 Å². The molecule has 2 aliphatic rings.